The minimum absolute atomic E-state index is 0.209. The third-order valence-corrected chi connectivity index (χ3v) is 7.47. The summed E-state index contributed by atoms with van der Waals surface area (Å²) in [6.07, 6.45) is 7.02. The number of hydrogen-bond acceptors (Lipinski definition) is 3. The molecule has 0 N–H and O–H groups in total. The Hall–Kier alpha value is -2.79. The zero-order valence-electron chi connectivity index (χ0n) is 18.7. The first kappa shape index (κ1) is 21.1. The van der Waals surface area contributed by atoms with Crippen LogP contribution in [0.4, 0.5) is 0 Å². The van der Waals surface area contributed by atoms with Crippen LogP contribution < -0.4 is 4.74 Å². The summed E-state index contributed by atoms with van der Waals surface area (Å²) in [7, 11) is 1.70. The maximum atomic E-state index is 13.4. The Morgan fingerprint density at radius 2 is 1.88 bits per heavy atom. The molecule has 3 heterocycles. The monoisotopic (exact) mass is 449 g/mol. The van der Waals surface area contributed by atoms with Gasteiger partial charge < -0.3 is 14.2 Å². The van der Waals surface area contributed by atoms with Crippen LogP contribution in [0.25, 0.3) is 11.4 Å². The molecule has 1 amide bonds. The van der Waals surface area contributed by atoms with E-state index in [9.17, 15) is 4.79 Å². The van der Waals surface area contributed by atoms with Gasteiger partial charge in [-0.3, -0.25) is 4.79 Å². The number of aromatic nitrogens is 2. The van der Waals surface area contributed by atoms with Crippen LogP contribution in [0.15, 0.2) is 54.9 Å². The van der Waals surface area contributed by atoms with Crippen molar-refractivity contribution >= 4 is 17.5 Å². The number of nitrogens with zero attached hydrogens (tertiary/aromatic N) is 3. The van der Waals surface area contributed by atoms with E-state index >= 15 is 0 Å². The quantitative estimate of drug-likeness (QED) is 0.517. The van der Waals surface area contributed by atoms with Crippen molar-refractivity contribution in [2.75, 3.05) is 7.11 Å². The van der Waals surface area contributed by atoms with Crippen LogP contribution in [0.2, 0.25) is 5.02 Å². The van der Waals surface area contributed by atoms with Crippen molar-refractivity contribution in [1.29, 1.82) is 0 Å². The lowest BCUT2D eigenvalue weighted by Gasteiger charge is -2.35. The fraction of sp³-hybridized carbons (Fsp3) is 0.385. The first-order valence-electron chi connectivity index (χ1n) is 11.3. The average Bonchev–Trinajstić information content (AvgIpc) is 3.47. The number of benzene rings is 2. The number of rotatable bonds is 5. The second-order valence-corrected chi connectivity index (χ2v) is 9.38. The smallest absolute Gasteiger partial charge is 0.223 e. The Morgan fingerprint density at radius 3 is 2.56 bits per heavy atom. The first-order valence-corrected chi connectivity index (χ1v) is 11.6. The van der Waals surface area contributed by atoms with E-state index in [0.717, 1.165) is 41.1 Å². The maximum absolute atomic E-state index is 13.4. The van der Waals surface area contributed by atoms with E-state index in [1.165, 1.54) is 0 Å². The summed E-state index contributed by atoms with van der Waals surface area (Å²) in [5.74, 6) is 1.91. The standard InChI is InChI=1S/C26H28ClN3O2/c1-17-7-8-18(2)30(17)23(31)13-14-26(19-9-11-20(27)12-10-19)24-21(5-4-6-22(24)32-3)25-28-15-16-29(25)26/h4-6,9-12,15-18H,7-8,13-14H2,1-3H3. The lowest BCUT2D eigenvalue weighted by molar-refractivity contribution is -0.133. The fourth-order valence-electron chi connectivity index (χ4n) is 5.75. The van der Waals surface area contributed by atoms with E-state index < -0.39 is 5.54 Å². The largest absolute Gasteiger partial charge is 0.496 e. The Kier molecular flexibility index (Phi) is 5.25. The molecule has 1 aromatic heterocycles. The maximum Gasteiger partial charge on any atom is 0.223 e. The number of halogens is 1. The van der Waals surface area contributed by atoms with Gasteiger partial charge in [0.1, 0.15) is 17.1 Å². The highest BCUT2D eigenvalue weighted by Crippen LogP contribution is 2.53. The number of fused-ring (bicyclic) bond motifs is 3. The van der Waals surface area contributed by atoms with E-state index in [1.807, 2.05) is 36.7 Å². The molecule has 1 fully saturated rings. The van der Waals surface area contributed by atoms with Gasteiger partial charge in [-0.25, -0.2) is 4.98 Å². The Labute approximate surface area is 194 Å². The Bertz CT molecular complexity index is 1150. The molecule has 0 saturated carbocycles. The number of amides is 1. The van der Waals surface area contributed by atoms with E-state index in [2.05, 4.69) is 46.5 Å². The predicted octanol–water partition coefficient (Wildman–Crippen LogP) is 5.50. The van der Waals surface area contributed by atoms with Gasteiger partial charge >= 0.3 is 0 Å². The number of imidazole rings is 1. The van der Waals surface area contributed by atoms with Crippen molar-refractivity contribution in [3.63, 3.8) is 0 Å². The average molecular weight is 450 g/mol. The molecule has 0 spiro atoms. The molecule has 32 heavy (non-hydrogen) atoms. The van der Waals surface area contributed by atoms with Crippen molar-refractivity contribution in [3.8, 4) is 17.1 Å². The van der Waals surface area contributed by atoms with Gasteiger partial charge in [-0.1, -0.05) is 35.9 Å². The van der Waals surface area contributed by atoms with Crippen molar-refractivity contribution in [2.45, 2.75) is 57.2 Å². The van der Waals surface area contributed by atoms with Crippen LogP contribution in [0.3, 0.4) is 0 Å². The van der Waals surface area contributed by atoms with Crippen LogP contribution in [0.1, 0.15) is 50.7 Å². The molecule has 3 aromatic rings. The van der Waals surface area contributed by atoms with Gasteiger partial charge in [0, 0.05) is 47.0 Å². The topological polar surface area (TPSA) is 47.4 Å². The number of methoxy groups -OCH3 is 1. The third kappa shape index (κ3) is 3.06. The number of likely N-dealkylation sites (tertiary alicyclic amines) is 1. The van der Waals surface area contributed by atoms with Crippen molar-refractivity contribution in [2.24, 2.45) is 0 Å². The molecular weight excluding hydrogens is 422 g/mol. The molecule has 2 aromatic carbocycles. The number of carbonyl (C=O) groups excluding carboxylic acids is 1. The van der Waals surface area contributed by atoms with Gasteiger partial charge in [-0.15, -0.1) is 0 Å². The van der Waals surface area contributed by atoms with Gasteiger partial charge in [0.05, 0.1) is 7.11 Å². The summed E-state index contributed by atoms with van der Waals surface area (Å²) in [5, 5.41) is 0.684. The zero-order valence-corrected chi connectivity index (χ0v) is 19.5. The molecule has 2 aliphatic rings. The van der Waals surface area contributed by atoms with Crippen LogP contribution in [-0.2, 0) is 10.3 Å². The summed E-state index contributed by atoms with van der Waals surface area (Å²) in [4.78, 5) is 20.2. The summed E-state index contributed by atoms with van der Waals surface area (Å²) in [5.41, 5.74) is 2.57. The summed E-state index contributed by atoms with van der Waals surface area (Å²) in [6, 6.07) is 14.6. The van der Waals surface area contributed by atoms with Gasteiger partial charge in [0.15, 0.2) is 0 Å². The summed E-state index contributed by atoms with van der Waals surface area (Å²) < 4.78 is 8.04. The van der Waals surface area contributed by atoms with E-state index in [1.54, 1.807) is 7.11 Å². The first-order chi connectivity index (χ1) is 15.5. The molecule has 5 rings (SSSR count). The fourth-order valence-corrected chi connectivity index (χ4v) is 5.87. The second kappa shape index (κ2) is 7.96. The number of carbonyl (C=O) groups is 1. The highest BCUT2D eigenvalue weighted by molar-refractivity contribution is 6.30. The second-order valence-electron chi connectivity index (χ2n) is 8.95. The van der Waals surface area contributed by atoms with Gasteiger partial charge in [0.25, 0.3) is 0 Å². The van der Waals surface area contributed by atoms with Gasteiger partial charge in [-0.05, 0) is 56.9 Å². The van der Waals surface area contributed by atoms with E-state index in [0.29, 0.717) is 17.9 Å². The number of ether oxygens (including phenoxy) is 1. The molecule has 6 heteroatoms. The zero-order chi connectivity index (χ0) is 22.5. The molecule has 3 unspecified atom stereocenters. The van der Waals surface area contributed by atoms with Crippen molar-refractivity contribution < 1.29 is 9.53 Å². The SMILES string of the molecule is COc1cccc2c1C(CCC(=O)N1C(C)CCC1C)(c1ccc(Cl)cc1)n1ccnc1-2. The predicted molar refractivity (Wildman–Crippen MR) is 126 cm³/mol. The molecule has 5 nitrogen and oxygen atoms in total. The molecule has 0 bridgehead atoms. The van der Waals surface area contributed by atoms with Gasteiger partial charge in [0.2, 0.25) is 5.91 Å². The Morgan fingerprint density at radius 1 is 1.16 bits per heavy atom. The highest BCUT2D eigenvalue weighted by atomic mass is 35.5. The third-order valence-electron chi connectivity index (χ3n) is 7.22. The summed E-state index contributed by atoms with van der Waals surface area (Å²) in [6.45, 7) is 4.30. The summed E-state index contributed by atoms with van der Waals surface area (Å²) >= 11 is 6.24. The van der Waals surface area contributed by atoms with Crippen LogP contribution >= 0.6 is 11.6 Å². The molecule has 2 aliphatic heterocycles. The Balaban J connectivity index is 1.65. The van der Waals surface area contributed by atoms with Crippen molar-refractivity contribution in [1.82, 2.24) is 14.5 Å². The minimum Gasteiger partial charge on any atom is -0.496 e. The minimum atomic E-state index is -0.597. The van der Waals surface area contributed by atoms with Crippen LogP contribution in [0.5, 0.6) is 5.75 Å². The lowest BCUT2D eigenvalue weighted by atomic mass is 9.78. The highest BCUT2D eigenvalue weighted by Gasteiger charge is 2.47. The normalized spacial score (nSPS) is 23.8. The lowest BCUT2D eigenvalue weighted by Crippen LogP contribution is -2.40. The number of hydrogen-bond donors (Lipinski definition) is 0. The van der Waals surface area contributed by atoms with Gasteiger partial charge in [-0.2, -0.15) is 0 Å². The molecule has 0 aliphatic carbocycles. The van der Waals surface area contributed by atoms with E-state index in [-0.39, 0.29) is 18.0 Å². The van der Waals surface area contributed by atoms with Crippen molar-refractivity contribution in [3.05, 3.63) is 71.0 Å². The molecular formula is C26H28ClN3O2. The van der Waals surface area contributed by atoms with Crippen LogP contribution in [-0.4, -0.2) is 39.6 Å². The van der Waals surface area contributed by atoms with Crippen LogP contribution in [0, 0.1) is 0 Å². The molecule has 3 atom stereocenters. The van der Waals surface area contributed by atoms with E-state index in [4.69, 9.17) is 16.3 Å². The molecule has 1 saturated heterocycles. The molecule has 166 valence electrons. The molecule has 0 radical (unpaired) electrons.